The van der Waals surface area contributed by atoms with Gasteiger partial charge < -0.3 is 14.9 Å². The summed E-state index contributed by atoms with van der Waals surface area (Å²) < 4.78 is 4.31. The molecule has 0 bridgehead atoms. The number of aliphatic hydroxyl groups excluding tert-OH is 1. The molecule has 0 unspecified atom stereocenters. The summed E-state index contributed by atoms with van der Waals surface area (Å²) in [6, 6.07) is 0. The molecule has 0 spiro atoms. The maximum absolute atomic E-state index is 10.3. The fourth-order valence-corrected chi connectivity index (χ4v) is 0.270. The van der Waals surface area contributed by atoms with Crippen LogP contribution in [-0.2, 0) is 9.53 Å². The molecule has 0 rings (SSSR count). The second kappa shape index (κ2) is 4.29. The van der Waals surface area contributed by atoms with Gasteiger partial charge in [-0.05, 0) is 0 Å². The van der Waals surface area contributed by atoms with Crippen LogP contribution >= 0.6 is 0 Å². The van der Waals surface area contributed by atoms with Crippen molar-refractivity contribution in [1.82, 2.24) is 0 Å². The largest absolute Gasteiger partial charge is 0.460 e. The minimum Gasteiger partial charge on any atom is -0.460 e. The third-order valence-electron chi connectivity index (χ3n) is 0.682. The molecule has 0 aliphatic rings. The maximum Gasteiger partial charge on any atom is 0.305 e. The Morgan fingerprint density at radius 1 is 1.67 bits per heavy atom. The number of hydrogen-bond acceptors (Lipinski definition) is 4. The third kappa shape index (κ3) is 5.26. The zero-order valence-electron chi connectivity index (χ0n) is 5.20. The van der Waals surface area contributed by atoms with Crippen LogP contribution in [0.5, 0.6) is 0 Å². The molecule has 0 atom stereocenters. The normalized spacial score (nSPS) is 9.78. The minimum absolute atomic E-state index is 0.257. The molecule has 0 radical (unpaired) electrons. The lowest BCUT2D eigenvalue weighted by Crippen LogP contribution is -2.16. The number of aliphatic hydroxyl groups is 2. The van der Waals surface area contributed by atoms with Gasteiger partial charge in [0, 0.05) is 6.42 Å². The van der Waals surface area contributed by atoms with Gasteiger partial charge in [0.25, 0.3) is 0 Å². The molecular formula is C5H10O4. The maximum atomic E-state index is 10.3. The van der Waals surface area contributed by atoms with E-state index in [1.54, 1.807) is 6.92 Å². The molecule has 4 nitrogen and oxygen atoms in total. The Hall–Kier alpha value is -0.610. The third-order valence-corrected chi connectivity index (χ3v) is 0.682. The monoisotopic (exact) mass is 134 g/mol. The van der Waals surface area contributed by atoms with E-state index in [2.05, 4.69) is 4.74 Å². The minimum atomic E-state index is -1.56. The number of carbonyl (C=O) groups is 1. The average Bonchev–Trinajstić information content (AvgIpc) is 1.83. The van der Waals surface area contributed by atoms with Crippen LogP contribution in [0.3, 0.4) is 0 Å². The van der Waals surface area contributed by atoms with Crippen LogP contribution in [0.15, 0.2) is 0 Å². The van der Waals surface area contributed by atoms with Crippen LogP contribution in [0.25, 0.3) is 0 Å². The van der Waals surface area contributed by atoms with Crippen molar-refractivity contribution in [2.75, 3.05) is 6.61 Å². The quantitative estimate of drug-likeness (QED) is 0.393. The van der Waals surface area contributed by atoms with Crippen LogP contribution in [0.4, 0.5) is 0 Å². The van der Waals surface area contributed by atoms with E-state index < -0.39 is 12.3 Å². The first-order chi connectivity index (χ1) is 4.16. The van der Waals surface area contributed by atoms with E-state index in [9.17, 15) is 4.79 Å². The first-order valence-electron chi connectivity index (χ1n) is 2.68. The molecule has 0 saturated carbocycles. The molecule has 0 saturated heterocycles. The van der Waals surface area contributed by atoms with E-state index in [0.717, 1.165) is 0 Å². The molecule has 2 N–H and O–H groups in total. The highest BCUT2D eigenvalue weighted by atomic mass is 16.6. The summed E-state index contributed by atoms with van der Waals surface area (Å²) in [6.45, 7) is 1.29. The average molecular weight is 134 g/mol. The van der Waals surface area contributed by atoms with Crippen LogP contribution in [-0.4, -0.2) is 29.1 Å². The smallest absolute Gasteiger partial charge is 0.305 e. The van der Waals surface area contributed by atoms with E-state index in [1.807, 2.05) is 0 Å². The van der Waals surface area contributed by atoms with E-state index >= 15 is 0 Å². The van der Waals surface area contributed by atoms with Crippen molar-refractivity contribution < 1.29 is 19.7 Å². The summed E-state index contributed by atoms with van der Waals surface area (Å²) in [6.07, 6.45) is -1.30. The molecule has 54 valence electrons. The molecule has 0 aromatic carbocycles. The van der Waals surface area contributed by atoms with Crippen molar-refractivity contribution in [2.24, 2.45) is 0 Å². The zero-order valence-corrected chi connectivity index (χ0v) is 5.20. The highest BCUT2D eigenvalue weighted by Gasteiger charge is 2.01. The van der Waals surface area contributed by atoms with Crippen molar-refractivity contribution in [1.29, 1.82) is 0 Å². The number of carbonyl (C=O) groups excluding carboxylic acids is 1. The van der Waals surface area contributed by atoms with E-state index in [0.29, 0.717) is 0 Å². The molecule has 0 fully saturated rings. The lowest BCUT2D eigenvalue weighted by molar-refractivity contribution is -0.156. The van der Waals surface area contributed by atoms with Crippen LogP contribution < -0.4 is 0 Å². The molecule has 0 aliphatic heterocycles. The van der Waals surface area contributed by atoms with E-state index in [4.69, 9.17) is 10.2 Å². The molecule has 0 aromatic heterocycles. The Balaban J connectivity index is 3.17. The Labute approximate surface area is 53.1 Å². The molecular weight excluding hydrogens is 124 g/mol. The summed E-state index contributed by atoms with van der Waals surface area (Å²) in [7, 11) is 0. The van der Waals surface area contributed by atoms with Gasteiger partial charge in [0.05, 0.1) is 0 Å². The standard InChI is InChI=1S/C5H10O4/c1-2-5(8)9-3-4(6)7/h4,6-7H,2-3H2,1H3. The SMILES string of the molecule is CCC(=O)OCC(O)O. The fraction of sp³-hybridized carbons (Fsp3) is 0.800. The number of hydrogen-bond donors (Lipinski definition) is 2. The van der Waals surface area contributed by atoms with Crippen molar-refractivity contribution in [3.63, 3.8) is 0 Å². The van der Waals surface area contributed by atoms with Gasteiger partial charge in [-0.15, -0.1) is 0 Å². The van der Waals surface area contributed by atoms with Crippen molar-refractivity contribution >= 4 is 5.97 Å². The summed E-state index contributed by atoms with van der Waals surface area (Å²) in [5, 5.41) is 16.4. The van der Waals surface area contributed by atoms with Gasteiger partial charge in [0.15, 0.2) is 6.29 Å². The molecule has 0 amide bonds. The highest BCUT2D eigenvalue weighted by Crippen LogP contribution is 1.85. The molecule has 0 aliphatic carbocycles. The number of esters is 1. The van der Waals surface area contributed by atoms with Gasteiger partial charge in [0.1, 0.15) is 6.61 Å². The predicted octanol–water partition coefficient (Wildman–Crippen LogP) is -0.750. The molecule has 0 heterocycles. The Kier molecular flexibility index (Phi) is 4.00. The van der Waals surface area contributed by atoms with Gasteiger partial charge in [-0.1, -0.05) is 6.92 Å². The van der Waals surface area contributed by atoms with Gasteiger partial charge >= 0.3 is 5.97 Å². The fourth-order valence-electron chi connectivity index (χ4n) is 0.270. The Morgan fingerprint density at radius 2 is 2.22 bits per heavy atom. The van der Waals surface area contributed by atoms with Crippen LogP contribution in [0.2, 0.25) is 0 Å². The number of rotatable bonds is 3. The van der Waals surface area contributed by atoms with E-state index in [-0.39, 0.29) is 13.0 Å². The Bertz CT molecular complexity index is 89.0. The zero-order chi connectivity index (χ0) is 7.28. The molecule has 0 aromatic rings. The lowest BCUT2D eigenvalue weighted by Gasteiger charge is -2.02. The first-order valence-corrected chi connectivity index (χ1v) is 2.68. The second-order valence-corrected chi connectivity index (χ2v) is 1.52. The molecule has 4 heteroatoms. The predicted molar refractivity (Wildman–Crippen MR) is 29.5 cm³/mol. The lowest BCUT2D eigenvalue weighted by atomic mass is 10.5. The highest BCUT2D eigenvalue weighted by molar-refractivity contribution is 5.68. The summed E-state index contributed by atoms with van der Waals surface area (Å²) >= 11 is 0. The van der Waals surface area contributed by atoms with Crippen molar-refractivity contribution in [3.05, 3.63) is 0 Å². The van der Waals surface area contributed by atoms with Crippen molar-refractivity contribution in [3.8, 4) is 0 Å². The van der Waals surface area contributed by atoms with Gasteiger partial charge in [-0.3, -0.25) is 4.79 Å². The van der Waals surface area contributed by atoms with Crippen LogP contribution in [0, 0.1) is 0 Å². The van der Waals surface area contributed by atoms with Gasteiger partial charge in [0.2, 0.25) is 0 Å². The number of ether oxygens (including phenoxy) is 1. The van der Waals surface area contributed by atoms with E-state index in [1.165, 1.54) is 0 Å². The summed E-state index contributed by atoms with van der Waals surface area (Å²) in [4.78, 5) is 10.3. The summed E-state index contributed by atoms with van der Waals surface area (Å²) in [5.74, 6) is -0.428. The van der Waals surface area contributed by atoms with Crippen molar-refractivity contribution in [2.45, 2.75) is 19.6 Å². The topological polar surface area (TPSA) is 66.8 Å². The van der Waals surface area contributed by atoms with Gasteiger partial charge in [-0.2, -0.15) is 0 Å². The second-order valence-electron chi connectivity index (χ2n) is 1.52. The molecule has 9 heavy (non-hydrogen) atoms. The Morgan fingerprint density at radius 3 is 2.56 bits per heavy atom. The first kappa shape index (κ1) is 8.39. The van der Waals surface area contributed by atoms with Gasteiger partial charge in [-0.25, -0.2) is 0 Å². The summed E-state index contributed by atoms with van der Waals surface area (Å²) in [5.41, 5.74) is 0. The van der Waals surface area contributed by atoms with Crippen LogP contribution in [0.1, 0.15) is 13.3 Å².